The number of nitrogens with zero attached hydrogens (tertiary/aromatic N) is 1. The van der Waals surface area contributed by atoms with Gasteiger partial charge >= 0.3 is 0 Å². The van der Waals surface area contributed by atoms with Crippen LogP contribution in [0, 0.1) is 5.51 Å². The van der Waals surface area contributed by atoms with Crippen molar-refractivity contribution in [2.24, 2.45) is 5.73 Å². The van der Waals surface area contributed by atoms with Crippen LogP contribution in [-0.4, -0.2) is 4.98 Å². The normalized spacial score (nSPS) is 10.8. The molecule has 0 atom stereocenters. The highest BCUT2D eigenvalue weighted by molar-refractivity contribution is 7.13. The van der Waals surface area contributed by atoms with Gasteiger partial charge in [-0.25, -0.2) is 4.98 Å². The van der Waals surface area contributed by atoms with E-state index in [1.54, 1.807) is 6.07 Å². The minimum absolute atomic E-state index is 0.512. The minimum Gasteiger partial charge on any atom is -0.326 e. The molecule has 0 aliphatic rings. The molecule has 2 aromatic carbocycles. The Labute approximate surface area is 137 Å². The summed E-state index contributed by atoms with van der Waals surface area (Å²) in [7, 11) is 0. The van der Waals surface area contributed by atoms with Crippen molar-refractivity contribution in [2.45, 2.75) is 6.54 Å². The lowest BCUT2D eigenvalue weighted by Gasteiger charge is -2.07. The van der Waals surface area contributed by atoms with E-state index < -0.39 is 0 Å². The maximum absolute atomic E-state index is 6.29. The standard InChI is InChI=1S/C16H11Cl2N2S/c17-13-3-1-2-12(14(13)18)15-16(21-9-20-15)11-6-4-10(8-19)5-7-11/h1-7H,8,19H2. The highest BCUT2D eigenvalue weighted by atomic mass is 35.5. The first-order valence-electron chi connectivity index (χ1n) is 6.31. The van der Waals surface area contributed by atoms with Crippen LogP contribution in [0.5, 0.6) is 0 Å². The molecule has 1 heterocycles. The van der Waals surface area contributed by atoms with Gasteiger partial charge in [0.2, 0.25) is 0 Å². The van der Waals surface area contributed by atoms with E-state index in [2.05, 4.69) is 10.5 Å². The molecule has 0 unspecified atom stereocenters. The molecule has 0 fully saturated rings. The quantitative estimate of drug-likeness (QED) is 0.728. The molecule has 0 saturated carbocycles. The SMILES string of the molecule is NCc1ccc(-c2s[c]nc2-c2cccc(Cl)c2Cl)cc1. The van der Waals surface area contributed by atoms with Crippen molar-refractivity contribution in [3.8, 4) is 21.7 Å². The topological polar surface area (TPSA) is 38.9 Å². The Bertz CT molecular complexity index is 766. The summed E-state index contributed by atoms with van der Waals surface area (Å²) in [5.41, 5.74) is 12.3. The first kappa shape index (κ1) is 14.5. The van der Waals surface area contributed by atoms with Gasteiger partial charge in [0.15, 0.2) is 5.51 Å². The second-order valence-corrected chi connectivity index (χ2v) is 6.07. The third-order valence-corrected chi connectivity index (χ3v) is 4.81. The first-order chi connectivity index (χ1) is 10.2. The second kappa shape index (κ2) is 6.16. The Balaban J connectivity index is 2.10. The fourth-order valence-electron chi connectivity index (χ4n) is 2.07. The molecule has 3 aromatic rings. The predicted octanol–water partition coefficient (Wildman–Crippen LogP) is 5.04. The van der Waals surface area contributed by atoms with Crippen molar-refractivity contribution in [3.05, 3.63) is 63.6 Å². The van der Waals surface area contributed by atoms with Gasteiger partial charge in [0.1, 0.15) is 0 Å². The van der Waals surface area contributed by atoms with Crippen molar-refractivity contribution in [1.29, 1.82) is 0 Å². The monoisotopic (exact) mass is 333 g/mol. The summed E-state index contributed by atoms with van der Waals surface area (Å²) in [6, 6.07) is 13.6. The van der Waals surface area contributed by atoms with E-state index >= 15 is 0 Å². The smallest absolute Gasteiger partial charge is 0.153 e. The Kier molecular flexibility index (Phi) is 4.27. The van der Waals surface area contributed by atoms with Gasteiger partial charge < -0.3 is 5.73 Å². The van der Waals surface area contributed by atoms with Gasteiger partial charge in [0.05, 0.1) is 20.6 Å². The lowest BCUT2D eigenvalue weighted by molar-refractivity contribution is 1.07. The van der Waals surface area contributed by atoms with E-state index in [1.165, 1.54) is 11.3 Å². The molecule has 5 heteroatoms. The fourth-order valence-corrected chi connectivity index (χ4v) is 3.19. The van der Waals surface area contributed by atoms with Gasteiger partial charge in [-0.05, 0) is 17.2 Å². The predicted molar refractivity (Wildman–Crippen MR) is 89.7 cm³/mol. The summed E-state index contributed by atoms with van der Waals surface area (Å²) in [5, 5.41) is 1.03. The lowest BCUT2D eigenvalue weighted by Crippen LogP contribution is -1.95. The summed E-state index contributed by atoms with van der Waals surface area (Å²) >= 11 is 13.8. The second-order valence-electron chi connectivity index (χ2n) is 4.49. The molecule has 0 aliphatic heterocycles. The molecular formula is C16H11Cl2N2S. The van der Waals surface area contributed by atoms with E-state index in [0.29, 0.717) is 16.6 Å². The van der Waals surface area contributed by atoms with Crippen LogP contribution in [0.3, 0.4) is 0 Å². The minimum atomic E-state index is 0.512. The van der Waals surface area contributed by atoms with E-state index in [0.717, 1.165) is 27.3 Å². The van der Waals surface area contributed by atoms with Crippen LogP contribution in [-0.2, 0) is 6.54 Å². The Hall–Kier alpha value is -1.39. The van der Waals surface area contributed by atoms with E-state index in [4.69, 9.17) is 28.9 Å². The van der Waals surface area contributed by atoms with E-state index in [9.17, 15) is 0 Å². The maximum atomic E-state index is 6.29. The van der Waals surface area contributed by atoms with Gasteiger partial charge in [-0.3, -0.25) is 0 Å². The number of thiazole rings is 1. The highest BCUT2D eigenvalue weighted by Crippen LogP contribution is 2.39. The van der Waals surface area contributed by atoms with Crippen LogP contribution in [0.25, 0.3) is 21.7 Å². The molecule has 105 valence electrons. The summed E-state index contributed by atoms with van der Waals surface area (Å²) < 4.78 is 0. The summed E-state index contributed by atoms with van der Waals surface area (Å²) in [6.07, 6.45) is 0. The molecule has 0 saturated heterocycles. The summed E-state index contributed by atoms with van der Waals surface area (Å²) in [4.78, 5) is 5.35. The van der Waals surface area contributed by atoms with Crippen molar-refractivity contribution in [2.75, 3.05) is 0 Å². The van der Waals surface area contributed by atoms with E-state index in [-0.39, 0.29) is 0 Å². The number of nitrogens with two attached hydrogens (primary N) is 1. The Morgan fingerprint density at radius 2 is 1.86 bits per heavy atom. The lowest BCUT2D eigenvalue weighted by atomic mass is 10.1. The van der Waals surface area contributed by atoms with Gasteiger partial charge in [-0.2, -0.15) is 0 Å². The maximum Gasteiger partial charge on any atom is 0.153 e. The van der Waals surface area contributed by atoms with E-state index in [1.807, 2.05) is 36.4 Å². The zero-order chi connectivity index (χ0) is 14.8. The summed E-state index contributed by atoms with van der Waals surface area (Å²) in [6.45, 7) is 0.530. The average Bonchev–Trinajstić information content (AvgIpc) is 2.99. The largest absolute Gasteiger partial charge is 0.326 e. The van der Waals surface area contributed by atoms with Gasteiger partial charge in [0.25, 0.3) is 0 Å². The zero-order valence-electron chi connectivity index (χ0n) is 10.9. The fraction of sp³-hybridized carbons (Fsp3) is 0.0625. The average molecular weight is 334 g/mol. The van der Waals surface area contributed by atoms with Gasteiger partial charge in [-0.15, -0.1) is 11.3 Å². The Morgan fingerprint density at radius 1 is 1.10 bits per heavy atom. The molecule has 21 heavy (non-hydrogen) atoms. The van der Waals surface area contributed by atoms with Crippen LogP contribution in [0.2, 0.25) is 10.0 Å². The molecule has 2 nitrogen and oxygen atoms in total. The molecule has 0 amide bonds. The molecular weight excluding hydrogens is 323 g/mol. The summed E-state index contributed by atoms with van der Waals surface area (Å²) in [5.74, 6) is 0. The van der Waals surface area contributed by atoms with Crippen LogP contribution >= 0.6 is 34.5 Å². The van der Waals surface area contributed by atoms with Crippen LogP contribution in [0.15, 0.2) is 42.5 Å². The molecule has 1 radical (unpaired) electrons. The number of hydrogen-bond donors (Lipinski definition) is 1. The molecule has 0 spiro atoms. The van der Waals surface area contributed by atoms with Crippen molar-refractivity contribution < 1.29 is 0 Å². The highest BCUT2D eigenvalue weighted by Gasteiger charge is 2.15. The molecule has 0 aliphatic carbocycles. The Morgan fingerprint density at radius 3 is 2.57 bits per heavy atom. The zero-order valence-corrected chi connectivity index (χ0v) is 13.3. The van der Waals surface area contributed by atoms with Crippen LogP contribution in [0.4, 0.5) is 0 Å². The number of aromatic nitrogens is 1. The van der Waals surface area contributed by atoms with Gasteiger partial charge in [-0.1, -0.05) is 59.6 Å². The van der Waals surface area contributed by atoms with Gasteiger partial charge in [0, 0.05) is 12.1 Å². The number of rotatable bonds is 3. The third kappa shape index (κ3) is 2.83. The third-order valence-electron chi connectivity index (χ3n) is 3.18. The van der Waals surface area contributed by atoms with Crippen molar-refractivity contribution in [3.63, 3.8) is 0 Å². The molecule has 0 bridgehead atoms. The van der Waals surface area contributed by atoms with Crippen LogP contribution in [0.1, 0.15) is 5.56 Å². The van der Waals surface area contributed by atoms with Crippen molar-refractivity contribution in [1.82, 2.24) is 4.98 Å². The van der Waals surface area contributed by atoms with Crippen LogP contribution < -0.4 is 5.73 Å². The molecule has 1 aromatic heterocycles. The molecule has 3 rings (SSSR count). The number of hydrogen-bond acceptors (Lipinski definition) is 3. The van der Waals surface area contributed by atoms with Crippen molar-refractivity contribution >= 4 is 34.5 Å². The number of benzene rings is 2. The molecule has 2 N–H and O–H groups in total. The first-order valence-corrected chi connectivity index (χ1v) is 7.88. The number of halogens is 2.